The molecule has 0 amide bonds. The summed E-state index contributed by atoms with van der Waals surface area (Å²) in [4.78, 5) is 13.6. The number of esters is 1. The smallest absolute Gasteiger partial charge is 0.307 e. The fraction of sp³-hybridized carbons (Fsp3) is 0.917. The zero-order valence-electron chi connectivity index (χ0n) is 10.2. The van der Waals surface area contributed by atoms with Crippen molar-refractivity contribution in [2.75, 3.05) is 26.3 Å². The second-order valence-corrected chi connectivity index (χ2v) is 4.25. The first-order valence-corrected chi connectivity index (χ1v) is 6.28. The van der Waals surface area contributed by atoms with Crippen LogP contribution in [0.25, 0.3) is 0 Å². The van der Waals surface area contributed by atoms with Crippen LogP contribution in [0.1, 0.15) is 39.0 Å². The molecule has 0 aromatic heterocycles. The molecule has 0 bridgehead atoms. The first-order valence-electron chi connectivity index (χ1n) is 6.28. The highest BCUT2D eigenvalue weighted by atomic mass is 16.5. The minimum Gasteiger partial charge on any atom is -0.466 e. The van der Waals surface area contributed by atoms with Gasteiger partial charge in [-0.15, -0.1) is 0 Å². The van der Waals surface area contributed by atoms with Gasteiger partial charge in [0.2, 0.25) is 0 Å². The van der Waals surface area contributed by atoms with Gasteiger partial charge >= 0.3 is 5.97 Å². The van der Waals surface area contributed by atoms with Crippen molar-refractivity contribution in [3.05, 3.63) is 0 Å². The van der Waals surface area contributed by atoms with E-state index in [0.29, 0.717) is 19.1 Å². The molecule has 1 aliphatic rings. The molecule has 0 saturated carbocycles. The summed E-state index contributed by atoms with van der Waals surface area (Å²) in [5.41, 5.74) is 0. The van der Waals surface area contributed by atoms with E-state index in [2.05, 4.69) is 4.90 Å². The number of hydrogen-bond acceptors (Lipinski definition) is 4. The highest BCUT2D eigenvalue weighted by molar-refractivity contribution is 5.69. The lowest BCUT2D eigenvalue weighted by molar-refractivity contribution is -0.143. The van der Waals surface area contributed by atoms with Gasteiger partial charge < -0.3 is 9.84 Å². The van der Waals surface area contributed by atoms with Crippen LogP contribution < -0.4 is 0 Å². The van der Waals surface area contributed by atoms with Crippen LogP contribution in [-0.2, 0) is 9.53 Å². The van der Waals surface area contributed by atoms with E-state index in [9.17, 15) is 4.79 Å². The number of piperidine rings is 1. The number of aliphatic hydroxyl groups is 1. The van der Waals surface area contributed by atoms with Crippen molar-refractivity contribution >= 4 is 5.97 Å². The maximum absolute atomic E-state index is 11.3. The number of hydrogen-bond donors (Lipinski definition) is 1. The molecule has 1 N–H and O–H groups in total. The molecule has 1 atom stereocenters. The molecule has 0 radical (unpaired) electrons. The van der Waals surface area contributed by atoms with E-state index < -0.39 is 0 Å². The van der Waals surface area contributed by atoms with Crippen LogP contribution in [0, 0.1) is 0 Å². The summed E-state index contributed by atoms with van der Waals surface area (Å²) in [5.74, 6) is -0.115. The summed E-state index contributed by atoms with van der Waals surface area (Å²) >= 11 is 0. The average Bonchev–Trinajstić information content (AvgIpc) is 2.29. The van der Waals surface area contributed by atoms with Gasteiger partial charge in [0.1, 0.15) is 0 Å². The summed E-state index contributed by atoms with van der Waals surface area (Å²) in [6, 6.07) is 0.452. The minimum atomic E-state index is -0.115. The lowest BCUT2D eigenvalue weighted by atomic mass is 9.99. The largest absolute Gasteiger partial charge is 0.466 e. The van der Waals surface area contributed by atoms with E-state index in [1.807, 2.05) is 6.92 Å². The number of nitrogens with zero attached hydrogens (tertiary/aromatic N) is 1. The summed E-state index contributed by atoms with van der Waals surface area (Å²) in [5, 5.41) is 8.98. The van der Waals surface area contributed by atoms with Gasteiger partial charge in [0.25, 0.3) is 0 Å². The van der Waals surface area contributed by atoms with E-state index in [1.54, 1.807) is 0 Å². The lowest BCUT2D eigenvalue weighted by Crippen LogP contribution is -2.41. The third-order valence-corrected chi connectivity index (χ3v) is 3.12. The summed E-state index contributed by atoms with van der Waals surface area (Å²) in [6.45, 7) is 4.33. The van der Waals surface area contributed by atoms with Crippen LogP contribution in [0.2, 0.25) is 0 Å². The molecule has 0 spiro atoms. The van der Waals surface area contributed by atoms with Crippen molar-refractivity contribution in [3.8, 4) is 0 Å². The normalized spacial score (nSPS) is 22.0. The van der Waals surface area contributed by atoms with Crippen molar-refractivity contribution < 1.29 is 14.6 Å². The van der Waals surface area contributed by atoms with Crippen molar-refractivity contribution in [1.29, 1.82) is 0 Å². The first-order chi connectivity index (χ1) is 7.77. The quantitative estimate of drug-likeness (QED) is 0.695. The van der Waals surface area contributed by atoms with Gasteiger partial charge in [-0.25, -0.2) is 0 Å². The molecule has 1 unspecified atom stereocenters. The molecule has 1 fully saturated rings. The maximum atomic E-state index is 11.3. The van der Waals surface area contributed by atoms with Crippen LogP contribution in [-0.4, -0.2) is 48.3 Å². The van der Waals surface area contributed by atoms with Gasteiger partial charge in [-0.3, -0.25) is 9.69 Å². The van der Waals surface area contributed by atoms with Gasteiger partial charge in [0.05, 0.1) is 13.0 Å². The fourth-order valence-corrected chi connectivity index (χ4v) is 2.30. The van der Waals surface area contributed by atoms with Gasteiger partial charge in [0, 0.05) is 19.2 Å². The van der Waals surface area contributed by atoms with Crippen molar-refractivity contribution in [3.63, 3.8) is 0 Å². The van der Waals surface area contributed by atoms with Crippen LogP contribution in [0.5, 0.6) is 0 Å². The Morgan fingerprint density at radius 3 is 3.00 bits per heavy atom. The van der Waals surface area contributed by atoms with Crippen LogP contribution in [0.3, 0.4) is 0 Å². The van der Waals surface area contributed by atoms with Crippen LogP contribution in [0.15, 0.2) is 0 Å². The summed E-state index contributed by atoms with van der Waals surface area (Å²) in [7, 11) is 0. The van der Waals surface area contributed by atoms with E-state index in [1.165, 1.54) is 12.8 Å². The Labute approximate surface area is 97.6 Å². The average molecular weight is 229 g/mol. The molecular formula is C12H23NO3. The van der Waals surface area contributed by atoms with Gasteiger partial charge in [-0.1, -0.05) is 6.42 Å². The van der Waals surface area contributed by atoms with Crippen LogP contribution in [0.4, 0.5) is 0 Å². The summed E-state index contributed by atoms with van der Waals surface area (Å²) in [6.07, 6.45) is 4.87. The monoisotopic (exact) mass is 229 g/mol. The Kier molecular flexibility index (Phi) is 6.42. The first kappa shape index (κ1) is 13.5. The highest BCUT2D eigenvalue weighted by Crippen LogP contribution is 2.19. The molecular weight excluding hydrogens is 206 g/mol. The minimum absolute atomic E-state index is 0.115. The number of likely N-dealkylation sites (tertiary alicyclic amines) is 1. The molecule has 16 heavy (non-hydrogen) atoms. The number of rotatable bonds is 6. The van der Waals surface area contributed by atoms with E-state index in [0.717, 1.165) is 25.9 Å². The molecule has 1 rings (SSSR count). The van der Waals surface area contributed by atoms with Gasteiger partial charge in [-0.05, 0) is 32.7 Å². The molecule has 0 aliphatic carbocycles. The van der Waals surface area contributed by atoms with E-state index >= 15 is 0 Å². The molecule has 0 aromatic rings. The van der Waals surface area contributed by atoms with E-state index in [-0.39, 0.29) is 12.6 Å². The molecule has 94 valence electrons. The van der Waals surface area contributed by atoms with Gasteiger partial charge in [-0.2, -0.15) is 0 Å². The number of aliphatic hydroxyl groups excluding tert-OH is 1. The Hall–Kier alpha value is -0.610. The number of ether oxygens (including phenoxy) is 1. The van der Waals surface area contributed by atoms with Crippen LogP contribution >= 0.6 is 0 Å². The SMILES string of the molecule is CCOC(=O)CCN1CCCCC1CCO. The second kappa shape index (κ2) is 7.63. The lowest BCUT2D eigenvalue weighted by Gasteiger charge is -2.35. The van der Waals surface area contributed by atoms with Crippen molar-refractivity contribution in [1.82, 2.24) is 4.90 Å². The maximum Gasteiger partial charge on any atom is 0.307 e. The molecule has 1 heterocycles. The Morgan fingerprint density at radius 1 is 1.50 bits per heavy atom. The third kappa shape index (κ3) is 4.49. The van der Waals surface area contributed by atoms with Crippen molar-refractivity contribution in [2.45, 2.75) is 45.1 Å². The molecule has 4 nitrogen and oxygen atoms in total. The predicted octanol–water partition coefficient (Wildman–Crippen LogP) is 1.18. The Balaban J connectivity index is 2.29. The standard InChI is InChI=1S/C12H23NO3/c1-2-16-12(15)6-9-13-8-4-3-5-11(13)7-10-14/h11,14H,2-10H2,1H3. The topological polar surface area (TPSA) is 49.8 Å². The second-order valence-electron chi connectivity index (χ2n) is 4.25. The zero-order valence-corrected chi connectivity index (χ0v) is 10.2. The highest BCUT2D eigenvalue weighted by Gasteiger charge is 2.22. The van der Waals surface area contributed by atoms with E-state index in [4.69, 9.17) is 9.84 Å². The molecule has 0 aromatic carbocycles. The Morgan fingerprint density at radius 2 is 2.31 bits per heavy atom. The number of carbonyl (C=O) groups is 1. The molecule has 1 aliphatic heterocycles. The zero-order chi connectivity index (χ0) is 11.8. The van der Waals surface area contributed by atoms with Crippen molar-refractivity contribution in [2.24, 2.45) is 0 Å². The van der Waals surface area contributed by atoms with Gasteiger partial charge in [0.15, 0.2) is 0 Å². The predicted molar refractivity (Wildman–Crippen MR) is 62.2 cm³/mol. The summed E-state index contributed by atoms with van der Waals surface area (Å²) < 4.78 is 4.91. The third-order valence-electron chi connectivity index (χ3n) is 3.12. The molecule has 1 saturated heterocycles. The Bertz CT molecular complexity index is 206. The number of carbonyl (C=O) groups excluding carboxylic acids is 1. The molecule has 4 heteroatoms. The fourth-order valence-electron chi connectivity index (χ4n) is 2.30.